The Balaban J connectivity index is 1.69. The van der Waals surface area contributed by atoms with Crippen LogP contribution in [0.25, 0.3) is 0 Å². The van der Waals surface area contributed by atoms with E-state index in [2.05, 4.69) is 10.4 Å². The van der Waals surface area contributed by atoms with Crippen molar-refractivity contribution >= 4 is 5.91 Å². The van der Waals surface area contributed by atoms with Crippen molar-refractivity contribution in [3.05, 3.63) is 29.8 Å². The molecule has 3 rings (SSSR count). The van der Waals surface area contributed by atoms with Gasteiger partial charge in [-0.05, 0) is 32.6 Å². The van der Waals surface area contributed by atoms with E-state index >= 15 is 0 Å². The highest BCUT2D eigenvalue weighted by Crippen LogP contribution is 2.28. The Labute approximate surface area is 130 Å². The van der Waals surface area contributed by atoms with E-state index in [1.807, 2.05) is 24.0 Å². The molecule has 1 fully saturated rings. The van der Waals surface area contributed by atoms with Gasteiger partial charge in [0, 0.05) is 24.9 Å². The van der Waals surface area contributed by atoms with Gasteiger partial charge in [-0.3, -0.25) is 9.48 Å². The fourth-order valence-corrected chi connectivity index (χ4v) is 2.95. The van der Waals surface area contributed by atoms with Gasteiger partial charge in [-0.25, -0.2) is 0 Å². The smallest absolute Gasteiger partial charge is 0.250 e. The van der Waals surface area contributed by atoms with Crippen molar-refractivity contribution in [1.82, 2.24) is 15.1 Å². The molecule has 2 aliphatic heterocycles. The number of hydrogen-bond donors (Lipinski definition) is 1. The first kappa shape index (κ1) is 15.1. The lowest BCUT2D eigenvalue weighted by atomic mass is 9.97. The van der Waals surface area contributed by atoms with Gasteiger partial charge in [-0.2, -0.15) is 5.10 Å². The molecule has 0 spiro atoms. The van der Waals surface area contributed by atoms with Gasteiger partial charge in [0.25, 0.3) is 5.91 Å². The second-order valence-corrected chi connectivity index (χ2v) is 5.76. The second kappa shape index (κ2) is 6.96. The Hall–Kier alpha value is -1.82. The lowest BCUT2D eigenvalue weighted by Gasteiger charge is -2.32. The molecule has 2 atom stereocenters. The Bertz CT molecular complexity index is 553. The van der Waals surface area contributed by atoms with Gasteiger partial charge in [0.1, 0.15) is 6.10 Å². The van der Waals surface area contributed by atoms with Gasteiger partial charge in [0.15, 0.2) is 0 Å². The van der Waals surface area contributed by atoms with Gasteiger partial charge in [0.05, 0.1) is 30.7 Å². The second-order valence-electron chi connectivity index (χ2n) is 5.76. The van der Waals surface area contributed by atoms with Crippen LogP contribution < -0.4 is 5.32 Å². The zero-order chi connectivity index (χ0) is 15.4. The largest absolute Gasteiger partial charge is 0.501 e. The van der Waals surface area contributed by atoms with Crippen molar-refractivity contribution in [2.75, 3.05) is 13.2 Å². The molecule has 6 heteroatoms. The van der Waals surface area contributed by atoms with Gasteiger partial charge >= 0.3 is 0 Å². The zero-order valence-electron chi connectivity index (χ0n) is 13.0. The molecule has 1 aromatic heterocycles. The van der Waals surface area contributed by atoms with Gasteiger partial charge < -0.3 is 14.8 Å². The number of rotatable bonds is 4. The minimum Gasteiger partial charge on any atom is -0.501 e. The topological polar surface area (TPSA) is 65.4 Å². The van der Waals surface area contributed by atoms with Crippen LogP contribution in [0.4, 0.5) is 0 Å². The molecule has 2 aliphatic rings. The van der Waals surface area contributed by atoms with E-state index in [0.717, 1.165) is 50.0 Å². The number of aromatic nitrogens is 2. The lowest BCUT2D eigenvalue weighted by molar-refractivity contribution is -0.121. The van der Waals surface area contributed by atoms with E-state index in [1.54, 1.807) is 6.26 Å². The molecule has 120 valence electrons. The predicted molar refractivity (Wildman–Crippen MR) is 81.0 cm³/mol. The Morgan fingerprint density at radius 2 is 2.36 bits per heavy atom. The normalized spacial score (nSPS) is 25.2. The first-order valence-electron chi connectivity index (χ1n) is 8.03. The summed E-state index contributed by atoms with van der Waals surface area (Å²) in [6.45, 7) is 4.30. The summed E-state index contributed by atoms with van der Waals surface area (Å²) in [6.07, 6.45) is 8.85. The van der Waals surface area contributed by atoms with E-state index in [1.165, 1.54) is 0 Å². The molecule has 3 heterocycles. The van der Waals surface area contributed by atoms with Gasteiger partial charge in [-0.1, -0.05) is 0 Å². The summed E-state index contributed by atoms with van der Waals surface area (Å²) in [6, 6.07) is -0.0152. The molecular weight excluding hydrogens is 282 g/mol. The standard InChI is InChI=1S/C16H23N3O3/c1-2-19-10-13(9-17-19)15-14(6-4-8-22-15)18-16(20)12-5-3-7-21-11-12/h9-11,14-15H,2-8H2,1H3,(H,18,20)/t14-,15+/m0/s1. The summed E-state index contributed by atoms with van der Waals surface area (Å²) in [4.78, 5) is 12.4. The van der Waals surface area contributed by atoms with Crippen LogP contribution in [0.2, 0.25) is 0 Å². The quantitative estimate of drug-likeness (QED) is 0.923. The van der Waals surface area contributed by atoms with Crippen molar-refractivity contribution in [2.24, 2.45) is 0 Å². The molecule has 0 unspecified atom stereocenters. The van der Waals surface area contributed by atoms with Crippen LogP contribution in [-0.4, -0.2) is 34.9 Å². The number of aryl methyl sites for hydroxylation is 1. The van der Waals surface area contributed by atoms with E-state index in [-0.39, 0.29) is 18.1 Å². The van der Waals surface area contributed by atoms with Crippen LogP contribution in [0, 0.1) is 0 Å². The monoisotopic (exact) mass is 305 g/mol. The maximum atomic E-state index is 12.4. The van der Waals surface area contributed by atoms with Gasteiger partial charge in [-0.15, -0.1) is 0 Å². The molecule has 1 amide bonds. The van der Waals surface area contributed by atoms with Crippen LogP contribution in [0.5, 0.6) is 0 Å². The number of ether oxygens (including phenoxy) is 2. The molecule has 0 aromatic carbocycles. The van der Waals surface area contributed by atoms with Crippen LogP contribution >= 0.6 is 0 Å². The summed E-state index contributed by atoms with van der Waals surface area (Å²) in [5.74, 6) is -0.0388. The van der Waals surface area contributed by atoms with E-state index in [0.29, 0.717) is 6.61 Å². The average molecular weight is 305 g/mol. The van der Waals surface area contributed by atoms with Crippen molar-refractivity contribution in [2.45, 2.75) is 51.3 Å². The maximum absolute atomic E-state index is 12.4. The Morgan fingerprint density at radius 3 is 3.09 bits per heavy atom. The van der Waals surface area contributed by atoms with Crippen LogP contribution in [0.1, 0.15) is 44.3 Å². The fraction of sp³-hybridized carbons (Fsp3) is 0.625. The molecule has 0 aliphatic carbocycles. The summed E-state index contributed by atoms with van der Waals surface area (Å²) < 4.78 is 13.0. The molecule has 0 bridgehead atoms. The number of amides is 1. The summed E-state index contributed by atoms with van der Waals surface area (Å²) >= 11 is 0. The van der Waals surface area contributed by atoms with Crippen molar-refractivity contribution < 1.29 is 14.3 Å². The van der Waals surface area contributed by atoms with E-state index in [9.17, 15) is 4.79 Å². The first-order chi connectivity index (χ1) is 10.8. The summed E-state index contributed by atoms with van der Waals surface area (Å²) in [7, 11) is 0. The van der Waals surface area contributed by atoms with Crippen molar-refractivity contribution in [3.63, 3.8) is 0 Å². The highest BCUT2D eigenvalue weighted by Gasteiger charge is 2.30. The zero-order valence-corrected chi connectivity index (χ0v) is 13.0. The summed E-state index contributed by atoms with van der Waals surface area (Å²) in [5.41, 5.74) is 1.75. The molecule has 1 aromatic rings. The van der Waals surface area contributed by atoms with Crippen LogP contribution in [0.15, 0.2) is 24.2 Å². The SMILES string of the molecule is CCn1cc([C@H]2OCCC[C@@H]2NC(=O)C2=COCCC2)cn1. The maximum Gasteiger partial charge on any atom is 0.250 e. The molecule has 6 nitrogen and oxygen atoms in total. The third-order valence-electron chi connectivity index (χ3n) is 4.17. The van der Waals surface area contributed by atoms with Gasteiger partial charge in [0.2, 0.25) is 0 Å². The number of nitrogens with one attached hydrogen (secondary N) is 1. The van der Waals surface area contributed by atoms with Crippen LogP contribution in [0.3, 0.4) is 0 Å². The lowest BCUT2D eigenvalue weighted by Crippen LogP contribution is -2.43. The average Bonchev–Trinajstić information content (AvgIpc) is 3.05. The third-order valence-corrected chi connectivity index (χ3v) is 4.17. The van der Waals surface area contributed by atoms with Crippen molar-refractivity contribution in [1.29, 1.82) is 0 Å². The highest BCUT2D eigenvalue weighted by molar-refractivity contribution is 5.93. The fourth-order valence-electron chi connectivity index (χ4n) is 2.95. The molecule has 1 N–H and O–H groups in total. The van der Waals surface area contributed by atoms with E-state index in [4.69, 9.17) is 9.47 Å². The number of carbonyl (C=O) groups is 1. The number of nitrogens with zero attached hydrogens (tertiary/aromatic N) is 2. The minimum atomic E-state index is -0.122. The highest BCUT2D eigenvalue weighted by atomic mass is 16.5. The van der Waals surface area contributed by atoms with Crippen LogP contribution in [-0.2, 0) is 20.8 Å². The molecule has 1 saturated heterocycles. The number of hydrogen-bond acceptors (Lipinski definition) is 4. The first-order valence-corrected chi connectivity index (χ1v) is 8.03. The minimum absolute atomic E-state index is 0.0152. The molecule has 22 heavy (non-hydrogen) atoms. The molecule has 0 saturated carbocycles. The van der Waals surface area contributed by atoms with Crippen molar-refractivity contribution in [3.8, 4) is 0 Å². The third kappa shape index (κ3) is 3.32. The summed E-state index contributed by atoms with van der Waals surface area (Å²) in [5, 5.41) is 7.42. The number of carbonyl (C=O) groups excluding carboxylic acids is 1. The Kier molecular flexibility index (Phi) is 4.77. The molecule has 0 radical (unpaired) electrons. The predicted octanol–water partition coefficient (Wildman–Crippen LogP) is 1.93. The molecular formula is C16H23N3O3. The Morgan fingerprint density at radius 1 is 1.45 bits per heavy atom. The van der Waals surface area contributed by atoms with E-state index < -0.39 is 0 Å².